The van der Waals surface area contributed by atoms with Gasteiger partial charge in [-0.25, -0.2) is 4.57 Å². The molecule has 2 atom stereocenters. The lowest BCUT2D eigenvalue weighted by atomic mass is 10.1. The minimum Gasteiger partial charge on any atom is -0.457 e. The summed E-state index contributed by atoms with van der Waals surface area (Å²) < 4.78 is 34.9. The summed E-state index contributed by atoms with van der Waals surface area (Å²) in [6.45, 7) is 5.38. The molecule has 54 heavy (non-hydrogen) atoms. The molecule has 0 aliphatic rings. The van der Waals surface area contributed by atoms with E-state index in [1.54, 1.807) is 0 Å². The fraction of sp³-hybridized carbons (Fsp3) is 0.711. The van der Waals surface area contributed by atoms with Crippen LogP contribution in [-0.4, -0.2) is 75.6 Å². The highest BCUT2D eigenvalue weighted by Gasteiger charge is 2.26. The molecule has 0 amide bonds. The Kier molecular flexibility index (Phi) is 36.4. The van der Waals surface area contributed by atoms with Crippen LogP contribution >= 0.6 is 7.82 Å². The second-order valence-electron chi connectivity index (χ2n) is 15.0. The van der Waals surface area contributed by atoms with Gasteiger partial charge in [-0.15, -0.1) is 0 Å². The second-order valence-corrected chi connectivity index (χ2v) is 16.4. The Hall–Kier alpha value is -2.06. The maximum Gasteiger partial charge on any atom is 0.472 e. The summed E-state index contributed by atoms with van der Waals surface area (Å²) in [7, 11) is 1.62. The number of likely N-dealkylation sites (N-methyl/N-ethyl adjacent to an activating group) is 1. The summed E-state index contributed by atoms with van der Waals surface area (Å²) in [5.41, 5.74) is 0. The van der Waals surface area contributed by atoms with Gasteiger partial charge < -0.3 is 18.9 Å². The lowest BCUT2D eigenvalue weighted by Gasteiger charge is -2.24. The predicted octanol–water partition coefficient (Wildman–Crippen LogP) is 12.3. The van der Waals surface area contributed by atoms with Crippen molar-refractivity contribution in [1.29, 1.82) is 0 Å². The van der Waals surface area contributed by atoms with Crippen LogP contribution in [0.15, 0.2) is 72.9 Å². The minimum absolute atomic E-state index is 0.0745. The van der Waals surface area contributed by atoms with E-state index < -0.39 is 13.9 Å². The van der Waals surface area contributed by atoms with Crippen LogP contribution in [0.3, 0.4) is 0 Å². The molecule has 8 nitrogen and oxygen atoms in total. The van der Waals surface area contributed by atoms with Crippen molar-refractivity contribution in [2.75, 3.05) is 54.1 Å². The van der Waals surface area contributed by atoms with Crippen LogP contribution in [0.4, 0.5) is 0 Å². The van der Waals surface area contributed by atoms with Crippen molar-refractivity contribution < 1.29 is 37.3 Å². The number of phosphoric acid groups is 1. The number of nitrogens with zero attached hydrogens (tertiary/aromatic N) is 1. The molecule has 0 aromatic rings. The van der Waals surface area contributed by atoms with Crippen molar-refractivity contribution in [2.24, 2.45) is 0 Å². The predicted molar refractivity (Wildman–Crippen MR) is 228 cm³/mol. The molecule has 0 aliphatic heterocycles. The summed E-state index contributed by atoms with van der Waals surface area (Å²) in [6, 6.07) is 0. The second kappa shape index (κ2) is 37.8. The van der Waals surface area contributed by atoms with Gasteiger partial charge in [-0.2, -0.15) is 0 Å². The molecule has 2 unspecified atom stereocenters. The van der Waals surface area contributed by atoms with Crippen molar-refractivity contribution in [3.8, 4) is 0 Å². The van der Waals surface area contributed by atoms with Crippen LogP contribution in [0.25, 0.3) is 0 Å². The third-order valence-electron chi connectivity index (χ3n) is 8.50. The van der Waals surface area contributed by atoms with Gasteiger partial charge >= 0.3 is 13.8 Å². The van der Waals surface area contributed by atoms with Gasteiger partial charge in [-0.1, -0.05) is 132 Å². The van der Waals surface area contributed by atoms with Crippen LogP contribution in [0.1, 0.15) is 149 Å². The Morgan fingerprint density at radius 1 is 0.593 bits per heavy atom. The molecule has 0 saturated heterocycles. The molecule has 1 N–H and O–H groups in total. The van der Waals surface area contributed by atoms with Gasteiger partial charge in [-0.3, -0.25) is 13.8 Å². The van der Waals surface area contributed by atoms with E-state index in [9.17, 15) is 14.3 Å². The van der Waals surface area contributed by atoms with Crippen LogP contribution in [0.2, 0.25) is 0 Å². The number of quaternary nitrogens is 1. The van der Waals surface area contributed by atoms with Crippen LogP contribution in [0.5, 0.6) is 0 Å². The molecular weight excluding hydrogens is 697 g/mol. The number of esters is 1. The molecule has 0 aliphatic carbocycles. The van der Waals surface area contributed by atoms with Crippen molar-refractivity contribution >= 4 is 13.8 Å². The number of ether oxygens (including phenoxy) is 2. The summed E-state index contributed by atoms with van der Waals surface area (Å²) >= 11 is 0. The normalized spacial score (nSPS) is 14.6. The zero-order chi connectivity index (χ0) is 39.9. The van der Waals surface area contributed by atoms with Crippen molar-refractivity contribution in [1.82, 2.24) is 0 Å². The Bertz CT molecular complexity index is 1090. The fourth-order valence-corrected chi connectivity index (χ4v) is 5.96. The molecule has 0 saturated carbocycles. The van der Waals surface area contributed by atoms with Gasteiger partial charge in [0.15, 0.2) is 0 Å². The highest BCUT2D eigenvalue weighted by molar-refractivity contribution is 7.47. The van der Waals surface area contributed by atoms with E-state index >= 15 is 0 Å². The average molecular weight is 779 g/mol. The number of phosphoric ester groups is 1. The first-order valence-electron chi connectivity index (χ1n) is 21.2. The zero-order valence-corrected chi connectivity index (χ0v) is 36.1. The van der Waals surface area contributed by atoms with Crippen molar-refractivity contribution in [3.63, 3.8) is 0 Å². The van der Waals surface area contributed by atoms with Gasteiger partial charge in [0.2, 0.25) is 0 Å². The number of hydrogen-bond acceptors (Lipinski definition) is 6. The molecule has 0 spiro atoms. The Balaban J connectivity index is 4.36. The lowest BCUT2D eigenvalue weighted by Crippen LogP contribution is -2.37. The number of carbonyl (C=O) groups is 1. The number of unbranched alkanes of at least 4 members (excludes halogenated alkanes) is 12. The van der Waals surface area contributed by atoms with Crippen LogP contribution in [-0.2, 0) is 27.9 Å². The van der Waals surface area contributed by atoms with E-state index in [-0.39, 0.29) is 32.2 Å². The Morgan fingerprint density at radius 2 is 1.07 bits per heavy atom. The molecular formula is C45H81NO7P+. The van der Waals surface area contributed by atoms with E-state index in [0.29, 0.717) is 24.1 Å². The van der Waals surface area contributed by atoms with Gasteiger partial charge in [0.05, 0.1) is 34.4 Å². The van der Waals surface area contributed by atoms with Gasteiger partial charge in [0.25, 0.3) is 0 Å². The SMILES string of the molecule is CC/C=C\C/C=C\C/C=C\C/C=C\CCCCC(=O)OC(COCCCCCCCC/C=C\C/C=C\CCCCCC)COP(=O)(O)OCC[N+](C)(C)C. The van der Waals surface area contributed by atoms with E-state index in [4.69, 9.17) is 18.5 Å². The first-order chi connectivity index (χ1) is 26.1. The highest BCUT2D eigenvalue weighted by Crippen LogP contribution is 2.43. The number of rotatable bonds is 38. The molecule has 0 heterocycles. The Morgan fingerprint density at radius 3 is 1.61 bits per heavy atom. The molecule has 0 bridgehead atoms. The topological polar surface area (TPSA) is 91.3 Å². The molecule has 0 fully saturated rings. The first kappa shape index (κ1) is 51.9. The lowest BCUT2D eigenvalue weighted by molar-refractivity contribution is -0.870. The number of hydrogen-bond donors (Lipinski definition) is 1. The standard InChI is InChI=1S/C45H80NO7P/c1-6-8-10-12-14-16-18-20-22-23-25-27-29-31-33-35-37-40-50-42-44(43-52-54(48,49)51-41-39-46(3,4)5)53-45(47)38-36-34-32-30-28-26-24-21-19-17-15-13-11-9-7-2/h9,11,15-18,21-24,28,30,44H,6-8,10,12-14,19-20,25-27,29,31-43H2,1-5H3/p+1/b11-9-,17-15-,18-16-,23-22-,24-21-,30-28-. The maximum atomic E-state index is 12.7. The minimum atomic E-state index is -4.29. The monoisotopic (exact) mass is 779 g/mol. The van der Waals surface area contributed by atoms with Gasteiger partial charge in [0.1, 0.15) is 19.3 Å². The third kappa shape index (κ3) is 41.1. The summed E-state index contributed by atoms with van der Waals surface area (Å²) in [6.07, 6.45) is 47.9. The van der Waals surface area contributed by atoms with E-state index in [1.165, 1.54) is 51.4 Å². The smallest absolute Gasteiger partial charge is 0.457 e. The quantitative estimate of drug-likeness (QED) is 0.0219. The fourth-order valence-electron chi connectivity index (χ4n) is 5.22. The first-order valence-corrected chi connectivity index (χ1v) is 22.7. The molecule has 312 valence electrons. The molecule has 0 radical (unpaired) electrons. The van der Waals surface area contributed by atoms with Crippen molar-refractivity contribution in [2.45, 2.75) is 155 Å². The van der Waals surface area contributed by atoms with Crippen LogP contribution < -0.4 is 0 Å². The van der Waals surface area contributed by atoms with Crippen LogP contribution in [0, 0.1) is 0 Å². The zero-order valence-electron chi connectivity index (χ0n) is 35.2. The third-order valence-corrected chi connectivity index (χ3v) is 9.49. The average Bonchev–Trinajstić information content (AvgIpc) is 3.12. The largest absolute Gasteiger partial charge is 0.472 e. The van der Waals surface area contributed by atoms with E-state index in [2.05, 4.69) is 86.8 Å². The summed E-state index contributed by atoms with van der Waals surface area (Å²) in [5.74, 6) is -0.361. The van der Waals surface area contributed by atoms with Crippen molar-refractivity contribution in [3.05, 3.63) is 72.9 Å². The van der Waals surface area contributed by atoms with Gasteiger partial charge in [-0.05, 0) is 83.5 Å². The van der Waals surface area contributed by atoms with E-state index in [1.807, 2.05) is 21.1 Å². The molecule has 0 rings (SSSR count). The molecule has 9 heteroatoms. The number of allylic oxidation sites excluding steroid dienone is 12. The molecule has 0 aromatic heterocycles. The molecule has 0 aromatic carbocycles. The highest BCUT2D eigenvalue weighted by atomic mass is 31.2. The summed E-state index contributed by atoms with van der Waals surface area (Å²) in [5, 5.41) is 0. The van der Waals surface area contributed by atoms with E-state index in [0.717, 1.165) is 70.6 Å². The number of carbonyl (C=O) groups excluding carboxylic acids is 1. The maximum absolute atomic E-state index is 12.7. The van der Waals surface area contributed by atoms with Gasteiger partial charge in [0, 0.05) is 13.0 Å². The Labute approximate surface area is 332 Å². The summed E-state index contributed by atoms with van der Waals surface area (Å²) in [4.78, 5) is 22.8.